The average molecular weight is 532 g/mol. The van der Waals surface area contributed by atoms with Gasteiger partial charge in [0.05, 0.1) is 29.9 Å². The molecule has 0 bridgehead atoms. The minimum atomic E-state index is -0.456. The van der Waals surface area contributed by atoms with Crippen molar-refractivity contribution in [1.29, 1.82) is 0 Å². The Morgan fingerprint density at radius 2 is 1.82 bits per heavy atom. The van der Waals surface area contributed by atoms with E-state index in [9.17, 15) is 4.79 Å². The predicted octanol–water partition coefficient (Wildman–Crippen LogP) is 5.29. The lowest BCUT2D eigenvalue weighted by Gasteiger charge is -2.47. The van der Waals surface area contributed by atoms with Crippen LogP contribution >= 0.6 is 0 Å². The minimum Gasteiger partial charge on any atom is -0.492 e. The number of rotatable bonds is 4. The number of carbonyl (C=O) groups excluding carboxylic acids is 1. The highest BCUT2D eigenvalue weighted by Gasteiger charge is 2.39. The van der Waals surface area contributed by atoms with Crippen LogP contribution in [0.15, 0.2) is 36.8 Å². The molecule has 1 amide bonds. The lowest BCUT2D eigenvalue weighted by atomic mass is 9.71. The second-order valence-electron chi connectivity index (χ2n) is 11.8. The number of aromatic amines is 1. The summed E-state index contributed by atoms with van der Waals surface area (Å²) in [6, 6.07) is 6.30. The summed E-state index contributed by atoms with van der Waals surface area (Å²) in [5, 5.41) is 12.7. The smallest absolute Gasteiger partial charge is 0.410 e. The molecule has 1 spiro atoms. The fourth-order valence-electron chi connectivity index (χ4n) is 5.94. The average Bonchev–Trinajstić information content (AvgIpc) is 3.50. The van der Waals surface area contributed by atoms with Gasteiger partial charge in [-0.05, 0) is 77.0 Å². The van der Waals surface area contributed by atoms with Crippen molar-refractivity contribution in [1.82, 2.24) is 29.7 Å². The van der Waals surface area contributed by atoms with Gasteiger partial charge in [0.25, 0.3) is 0 Å². The molecule has 0 atom stereocenters. The molecular formula is C29H37N7O3. The molecule has 0 aliphatic carbocycles. The van der Waals surface area contributed by atoms with Crippen molar-refractivity contribution in [3.63, 3.8) is 0 Å². The van der Waals surface area contributed by atoms with E-state index in [-0.39, 0.29) is 6.09 Å². The van der Waals surface area contributed by atoms with E-state index >= 15 is 0 Å². The van der Waals surface area contributed by atoms with E-state index < -0.39 is 5.60 Å². The predicted molar refractivity (Wildman–Crippen MR) is 150 cm³/mol. The van der Waals surface area contributed by atoms with E-state index in [1.165, 1.54) is 0 Å². The summed E-state index contributed by atoms with van der Waals surface area (Å²) in [4.78, 5) is 21.6. The van der Waals surface area contributed by atoms with Gasteiger partial charge in [0.1, 0.15) is 17.2 Å². The standard InChI is InChI=1S/C29H37N7O3/c1-5-38-21-16-22(25-23-18-31-32-26(23)33-36(25)19-21)20-6-7-24(30-17-20)34-12-8-29(9-13-34)10-14-35(15-11-29)27(37)39-28(2,3)4/h6-7,16-19H,5,8-15H2,1-4H3,(H,32,33). The van der Waals surface area contributed by atoms with E-state index in [4.69, 9.17) is 14.5 Å². The van der Waals surface area contributed by atoms with Gasteiger partial charge in [-0.15, -0.1) is 5.10 Å². The lowest BCUT2D eigenvalue weighted by Crippen LogP contribution is -2.49. The summed E-state index contributed by atoms with van der Waals surface area (Å²) in [6.07, 6.45) is 9.77. The first-order valence-electron chi connectivity index (χ1n) is 13.9. The topological polar surface area (TPSA) is 101 Å². The van der Waals surface area contributed by atoms with Gasteiger partial charge in [0.2, 0.25) is 0 Å². The highest BCUT2D eigenvalue weighted by Crippen LogP contribution is 2.42. The fraction of sp³-hybridized carbons (Fsp3) is 0.517. The number of piperidine rings is 2. The van der Waals surface area contributed by atoms with E-state index in [1.54, 1.807) is 0 Å². The van der Waals surface area contributed by atoms with Gasteiger partial charge in [-0.3, -0.25) is 5.10 Å². The summed E-state index contributed by atoms with van der Waals surface area (Å²) < 4.78 is 13.3. The Balaban J connectivity index is 1.14. The molecule has 2 aliphatic rings. The van der Waals surface area contributed by atoms with Crippen molar-refractivity contribution in [2.45, 2.75) is 59.0 Å². The third-order valence-corrected chi connectivity index (χ3v) is 8.10. The molecule has 4 aromatic rings. The van der Waals surface area contributed by atoms with Crippen LogP contribution in [0.25, 0.3) is 27.7 Å². The molecule has 0 aromatic carbocycles. The maximum absolute atomic E-state index is 12.5. The Labute approximate surface area is 228 Å². The van der Waals surface area contributed by atoms with Gasteiger partial charge >= 0.3 is 6.09 Å². The number of carbonyl (C=O) groups is 1. The molecular weight excluding hydrogens is 494 g/mol. The molecule has 2 aliphatic heterocycles. The van der Waals surface area contributed by atoms with Gasteiger partial charge in [-0.2, -0.15) is 5.10 Å². The lowest BCUT2D eigenvalue weighted by molar-refractivity contribution is 0.00664. The van der Waals surface area contributed by atoms with Crippen LogP contribution in [0.5, 0.6) is 5.75 Å². The van der Waals surface area contributed by atoms with Crippen LogP contribution in [0.4, 0.5) is 10.6 Å². The molecule has 2 saturated heterocycles. The van der Waals surface area contributed by atoms with Crippen LogP contribution in [0, 0.1) is 5.41 Å². The Kier molecular flexibility index (Phi) is 6.35. The van der Waals surface area contributed by atoms with Crippen LogP contribution in [-0.4, -0.2) is 74.2 Å². The molecule has 206 valence electrons. The van der Waals surface area contributed by atoms with Crippen LogP contribution < -0.4 is 9.64 Å². The van der Waals surface area contributed by atoms with Crippen molar-refractivity contribution >= 4 is 28.5 Å². The maximum atomic E-state index is 12.5. The van der Waals surface area contributed by atoms with Gasteiger partial charge in [-0.25, -0.2) is 14.3 Å². The number of nitrogens with zero attached hydrogens (tertiary/aromatic N) is 6. The normalized spacial score (nSPS) is 17.7. The number of ether oxygens (including phenoxy) is 2. The van der Waals surface area contributed by atoms with Gasteiger partial charge in [-0.1, -0.05) is 0 Å². The van der Waals surface area contributed by atoms with Crippen LogP contribution in [0.2, 0.25) is 0 Å². The summed E-state index contributed by atoms with van der Waals surface area (Å²) >= 11 is 0. The summed E-state index contributed by atoms with van der Waals surface area (Å²) in [6.45, 7) is 11.8. The Morgan fingerprint density at radius 1 is 1.08 bits per heavy atom. The van der Waals surface area contributed by atoms with E-state index in [2.05, 4.69) is 38.4 Å². The molecule has 10 nitrogen and oxygen atoms in total. The SMILES string of the molecule is CCOc1cc(-c2ccc(N3CCC4(CCN(C(=O)OC(C)(C)C)CC4)CC3)nc2)c2c3cn[nH]c3nn2c1. The number of fused-ring (bicyclic) bond motifs is 3. The molecule has 10 heteroatoms. The van der Waals surface area contributed by atoms with Gasteiger partial charge in [0, 0.05) is 43.5 Å². The zero-order valence-electron chi connectivity index (χ0n) is 23.2. The first-order chi connectivity index (χ1) is 18.7. The highest BCUT2D eigenvalue weighted by atomic mass is 16.6. The second-order valence-corrected chi connectivity index (χ2v) is 11.8. The van der Waals surface area contributed by atoms with Crippen molar-refractivity contribution in [2.75, 3.05) is 37.7 Å². The van der Waals surface area contributed by atoms with Gasteiger partial charge < -0.3 is 19.3 Å². The third-order valence-electron chi connectivity index (χ3n) is 8.10. The zero-order valence-corrected chi connectivity index (χ0v) is 23.2. The molecule has 0 saturated carbocycles. The molecule has 6 rings (SSSR count). The zero-order chi connectivity index (χ0) is 27.2. The van der Waals surface area contributed by atoms with Gasteiger partial charge in [0.15, 0.2) is 5.65 Å². The van der Waals surface area contributed by atoms with Crippen molar-refractivity contribution in [3.8, 4) is 16.9 Å². The van der Waals surface area contributed by atoms with Crippen molar-refractivity contribution in [2.24, 2.45) is 5.41 Å². The molecule has 0 unspecified atom stereocenters. The quantitative estimate of drug-likeness (QED) is 0.382. The summed E-state index contributed by atoms with van der Waals surface area (Å²) in [5.74, 6) is 1.76. The maximum Gasteiger partial charge on any atom is 0.410 e. The number of hydrogen-bond acceptors (Lipinski definition) is 7. The number of pyridine rings is 2. The Morgan fingerprint density at radius 3 is 2.49 bits per heavy atom. The second kappa shape index (κ2) is 9.73. The number of aromatic nitrogens is 5. The Hall–Kier alpha value is -3.82. The molecule has 2 fully saturated rings. The van der Waals surface area contributed by atoms with Crippen LogP contribution in [0.3, 0.4) is 0 Å². The number of amides is 1. The van der Waals surface area contributed by atoms with E-state index in [1.807, 2.05) is 55.7 Å². The molecule has 6 heterocycles. The number of anilines is 1. The highest BCUT2D eigenvalue weighted by molar-refractivity contribution is 6.00. The number of H-pyrrole nitrogens is 1. The third kappa shape index (κ3) is 4.99. The first kappa shape index (κ1) is 25.5. The first-order valence-corrected chi connectivity index (χ1v) is 13.9. The summed E-state index contributed by atoms with van der Waals surface area (Å²) in [7, 11) is 0. The number of nitrogens with one attached hydrogen (secondary N) is 1. The van der Waals surface area contributed by atoms with E-state index in [0.29, 0.717) is 12.0 Å². The van der Waals surface area contributed by atoms with E-state index in [0.717, 1.165) is 91.1 Å². The fourth-order valence-corrected chi connectivity index (χ4v) is 5.94. The number of hydrogen-bond donors (Lipinski definition) is 1. The number of likely N-dealkylation sites (tertiary alicyclic amines) is 1. The van der Waals surface area contributed by atoms with Crippen molar-refractivity contribution in [3.05, 3.63) is 36.8 Å². The monoisotopic (exact) mass is 531 g/mol. The largest absolute Gasteiger partial charge is 0.492 e. The van der Waals surface area contributed by atoms with Crippen molar-refractivity contribution < 1.29 is 14.3 Å². The molecule has 1 N–H and O–H groups in total. The minimum absolute atomic E-state index is 0.187. The summed E-state index contributed by atoms with van der Waals surface area (Å²) in [5.41, 5.74) is 3.60. The van der Waals surface area contributed by atoms with Crippen LogP contribution in [-0.2, 0) is 4.74 Å². The molecule has 39 heavy (non-hydrogen) atoms. The molecule has 4 aromatic heterocycles. The van der Waals surface area contributed by atoms with Crippen LogP contribution in [0.1, 0.15) is 53.4 Å². The molecule has 0 radical (unpaired) electrons. The Bertz CT molecular complexity index is 1470.